The van der Waals surface area contributed by atoms with Gasteiger partial charge in [-0.1, -0.05) is 18.2 Å². The Morgan fingerprint density at radius 1 is 1.27 bits per heavy atom. The van der Waals surface area contributed by atoms with E-state index in [-0.39, 0.29) is 12.0 Å². The van der Waals surface area contributed by atoms with Crippen LogP contribution in [0, 0.1) is 13.8 Å². The molecular formula is C21H23N3O2. The predicted octanol–water partition coefficient (Wildman–Crippen LogP) is 3.29. The second-order valence-corrected chi connectivity index (χ2v) is 7.04. The quantitative estimate of drug-likeness (QED) is 0.920. The van der Waals surface area contributed by atoms with Crippen molar-refractivity contribution in [2.24, 2.45) is 0 Å². The van der Waals surface area contributed by atoms with Crippen molar-refractivity contribution in [1.82, 2.24) is 15.3 Å². The number of benzene rings is 1. The number of hydrogen-bond acceptors (Lipinski definition) is 4. The minimum Gasteiger partial charge on any atom is -0.487 e. The summed E-state index contributed by atoms with van der Waals surface area (Å²) < 4.78 is 6.17. The first-order valence-corrected chi connectivity index (χ1v) is 9.18. The lowest BCUT2D eigenvalue weighted by Gasteiger charge is -2.13. The molecule has 2 aromatic rings. The minimum atomic E-state index is -0.0528. The number of nitrogens with zero attached hydrogens (tertiary/aromatic N) is 2. The van der Waals surface area contributed by atoms with Gasteiger partial charge in [0, 0.05) is 23.4 Å². The molecule has 0 bridgehead atoms. The van der Waals surface area contributed by atoms with Gasteiger partial charge in [-0.25, -0.2) is 9.97 Å². The van der Waals surface area contributed by atoms with Gasteiger partial charge in [-0.3, -0.25) is 4.79 Å². The summed E-state index contributed by atoms with van der Waals surface area (Å²) >= 11 is 0. The van der Waals surface area contributed by atoms with Crippen LogP contribution in [0.25, 0.3) is 11.4 Å². The average molecular weight is 349 g/mol. The molecule has 0 saturated carbocycles. The Labute approximate surface area is 153 Å². The largest absolute Gasteiger partial charge is 0.487 e. The molecule has 2 aliphatic rings. The molecule has 1 atom stereocenters. The molecular weight excluding hydrogens is 326 g/mol. The summed E-state index contributed by atoms with van der Waals surface area (Å²) in [4.78, 5) is 21.3. The van der Waals surface area contributed by atoms with E-state index in [1.165, 1.54) is 0 Å². The fraction of sp³-hybridized carbons (Fsp3) is 0.381. The molecule has 26 heavy (non-hydrogen) atoms. The Morgan fingerprint density at radius 2 is 2.08 bits per heavy atom. The van der Waals surface area contributed by atoms with Crippen molar-refractivity contribution in [3.8, 4) is 17.1 Å². The summed E-state index contributed by atoms with van der Waals surface area (Å²) in [5.74, 6) is 1.58. The van der Waals surface area contributed by atoms with E-state index in [9.17, 15) is 4.79 Å². The van der Waals surface area contributed by atoms with E-state index in [0.29, 0.717) is 12.4 Å². The summed E-state index contributed by atoms with van der Waals surface area (Å²) in [6, 6.07) is 8.05. The van der Waals surface area contributed by atoms with E-state index < -0.39 is 0 Å². The highest BCUT2D eigenvalue weighted by Gasteiger charge is 2.27. The minimum absolute atomic E-state index is 0.0416. The van der Waals surface area contributed by atoms with E-state index >= 15 is 0 Å². The number of ether oxygens (including phenoxy) is 1. The van der Waals surface area contributed by atoms with Crippen LogP contribution in [0.3, 0.4) is 0 Å². The van der Waals surface area contributed by atoms with Gasteiger partial charge in [0.2, 0.25) is 5.91 Å². The molecule has 1 N–H and O–H groups in total. The molecule has 0 saturated heterocycles. The topological polar surface area (TPSA) is 64.1 Å². The first-order valence-electron chi connectivity index (χ1n) is 9.18. The van der Waals surface area contributed by atoms with Crippen molar-refractivity contribution < 1.29 is 9.53 Å². The van der Waals surface area contributed by atoms with Gasteiger partial charge in [-0.2, -0.15) is 0 Å². The summed E-state index contributed by atoms with van der Waals surface area (Å²) in [6.45, 7) is 4.45. The third-order valence-corrected chi connectivity index (χ3v) is 4.87. The van der Waals surface area contributed by atoms with Gasteiger partial charge >= 0.3 is 0 Å². The lowest BCUT2D eigenvalue weighted by molar-refractivity contribution is -0.117. The molecule has 0 fully saturated rings. The molecule has 134 valence electrons. The van der Waals surface area contributed by atoms with Crippen molar-refractivity contribution in [2.45, 2.75) is 45.6 Å². The number of nitrogens with one attached hydrogen (secondary N) is 1. The summed E-state index contributed by atoms with van der Waals surface area (Å²) in [5, 5.41) is 3.02. The van der Waals surface area contributed by atoms with Crippen molar-refractivity contribution in [3.63, 3.8) is 0 Å². The number of rotatable bonds is 4. The molecule has 1 aromatic heterocycles. The molecule has 5 nitrogen and oxygen atoms in total. The zero-order chi connectivity index (χ0) is 18.1. The molecule has 1 aliphatic carbocycles. The van der Waals surface area contributed by atoms with Gasteiger partial charge < -0.3 is 10.1 Å². The second-order valence-electron chi connectivity index (χ2n) is 7.04. The zero-order valence-corrected chi connectivity index (χ0v) is 15.2. The number of aromatic nitrogens is 2. The Balaban J connectivity index is 1.49. The summed E-state index contributed by atoms with van der Waals surface area (Å²) in [5.41, 5.74) is 4.85. The van der Waals surface area contributed by atoms with Crippen molar-refractivity contribution >= 4 is 5.91 Å². The SMILES string of the molecule is Cc1cc(C)nc(-c2cccc3c2OC(CNC(=O)C2=CCCC2)C3)n1. The number of hydrogen-bond donors (Lipinski definition) is 1. The number of allylic oxidation sites excluding steroid dienone is 1. The highest BCUT2D eigenvalue weighted by molar-refractivity contribution is 5.93. The highest BCUT2D eigenvalue weighted by atomic mass is 16.5. The van der Waals surface area contributed by atoms with Crippen molar-refractivity contribution in [2.75, 3.05) is 6.54 Å². The average Bonchev–Trinajstić information content (AvgIpc) is 3.27. The number of aryl methyl sites for hydroxylation is 2. The van der Waals surface area contributed by atoms with E-state index in [4.69, 9.17) is 4.74 Å². The van der Waals surface area contributed by atoms with Gasteiger partial charge in [0.05, 0.1) is 12.1 Å². The maximum absolute atomic E-state index is 12.2. The molecule has 0 spiro atoms. The van der Waals surface area contributed by atoms with Crippen LogP contribution >= 0.6 is 0 Å². The zero-order valence-electron chi connectivity index (χ0n) is 15.2. The third-order valence-electron chi connectivity index (χ3n) is 4.87. The van der Waals surface area contributed by atoms with Crippen LogP contribution in [0.1, 0.15) is 36.2 Å². The standard InChI is InChI=1S/C21H23N3O2/c1-13-10-14(2)24-20(23-13)18-9-5-8-16-11-17(26-19(16)18)12-22-21(25)15-6-3-4-7-15/h5-6,8-10,17H,3-4,7,11-12H2,1-2H3,(H,22,25). The Morgan fingerprint density at radius 3 is 2.81 bits per heavy atom. The molecule has 4 rings (SSSR count). The fourth-order valence-electron chi connectivity index (χ4n) is 3.67. The van der Waals surface area contributed by atoms with E-state index in [1.807, 2.05) is 38.1 Å². The highest BCUT2D eigenvalue weighted by Crippen LogP contribution is 2.37. The number of fused-ring (bicyclic) bond motifs is 1. The predicted molar refractivity (Wildman–Crippen MR) is 100 cm³/mol. The van der Waals surface area contributed by atoms with Crippen LogP contribution in [0.4, 0.5) is 0 Å². The van der Waals surface area contributed by atoms with Crippen LogP contribution < -0.4 is 10.1 Å². The lowest BCUT2D eigenvalue weighted by atomic mass is 10.1. The monoisotopic (exact) mass is 349 g/mol. The molecule has 1 aliphatic heterocycles. The maximum Gasteiger partial charge on any atom is 0.247 e. The van der Waals surface area contributed by atoms with E-state index in [1.54, 1.807) is 0 Å². The Kier molecular flexibility index (Phi) is 4.45. The molecule has 1 aromatic carbocycles. The van der Waals surface area contributed by atoms with Crippen LogP contribution in [-0.4, -0.2) is 28.5 Å². The van der Waals surface area contributed by atoms with Crippen molar-refractivity contribution in [1.29, 1.82) is 0 Å². The number of para-hydroxylation sites is 1. The normalized spacial score (nSPS) is 18.2. The van der Waals surface area contributed by atoms with Gasteiger partial charge in [0.25, 0.3) is 0 Å². The molecule has 0 radical (unpaired) electrons. The number of amides is 1. The molecule has 1 amide bonds. The summed E-state index contributed by atoms with van der Waals surface area (Å²) in [7, 11) is 0. The number of carbonyl (C=O) groups is 1. The van der Waals surface area contributed by atoms with Crippen LogP contribution in [0.2, 0.25) is 0 Å². The Bertz CT molecular complexity index is 869. The molecule has 2 heterocycles. The maximum atomic E-state index is 12.2. The lowest BCUT2D eigenvalue weighted by Crippen LogP contribution is -2.35. The van der Waals surface area contributed by atoms with Crippen LogP contribution in [0.5, 0.6) is 5.75 Å². The van der Waals surface area contributed by atoms with E-state index in [2.05, 4.69) is 21.4 Å². The van der Waals surface area contributed by atoms with Crippen molar-refractivity contribution in [3.05, 3.63) is 52.9 Å². The fourth-order valence-corrected chi connectivity index (χ4v) is 3.67. The first kappa shape index (κ1) is 16.8. The first-order chi connectivity index (χ1) is 12.6. The molecule has 5 heteroatoms. The summed E-state index contributed by atoms with van der Waals surface area (Å²) in [6.07, 6.45) is 5.73. The smallest absolute Gasteiger partial charge is 0.247 e. The van der Waals surface area contributed by atoms with Gasteiger partial charge in [-0.15, -0.1) is 0 Å². The molecule has 1 unspecified atom stereocenters. The van der Waals surface area contributed by atoms with E-state index in [0.717, 1.165) is 59.5 Å². The van der Waals surface area contributed by atoms with Gasteiger partial charge in [0.15, 0.2) is 5.82 Å². The second kappa shape index (κ2) is 6.90. The van der Waals surface area contributed by atoms with Gasteiger partial charge in [0.1, 0.15) is 11.9 Å². The van der Waals surface area contributed by atoms with Crippen LogP contribution in [-0.2, 0) is 11.2 Å². The Hall–Kier alpha value is -2.69. The number of carbonyl (C=O) groups excluding carboxylic acids is 1. The van der Waals surface area contributed by atoms with Gasteiger partial charge in [-0.05, 0) is 50.8 Å². The third kappa shape index (κ3) is 3.34. The van der Waals surface area contributed by atoms with Crippen LogP contribution in [0.15, 0.2) is 35.9 Å².